The Bertz CT molecular complexity index is 1210. The van der Waals surface area contributed by atoms with Crippen molar-refractivity contribution >= 4 is 11.6 Å². The summed E-state index contributed by atoms with van der Waals surface area (Å²) in [6, 6.07) is 7.98. The lowest BCUT2D eigenvalue weighted by Crippen LogP contribution is -2.23. The van der Waals surface area contributed by atoms with Crippen LogP contribution in [-0.2, 0) is 6.54 Å². The molecule has 4 rings (SSSR count). The van der Waals surface area contributed by atoms with Crippen molar-refractivity contribution < 1.29 is 9.72 Å². The molecule has 0 saturated heterocycles. The molecule has 0 unspecified atom stereocenters. The normalized spacial score (nSPS) is 10.7. The average molecular weight is 403 g/mol. The molecule has 0 fully saturated rings. The van der Waals surface area contributed by atoms with Crippen LogP contribution in [0.1, 0.15) is 21.7 Å². The molecule has 4 aromatic rings. The maximum atomic E-state index is 12.6. The molecule has 0 saturated carbocycles. The number of nitro groups is 1. The highest BCUT2D eigenvalue weighted by molar-refractivity contribution is 5.95. The van der Waals surface area contributed by atoms with Crippen molar-refractivity contribution in [2.75, 3.05) is 0 Å². The second-order valence-corrected chi connectivity index (χ2v) is 6.48. The van der Waals surface area contributed by atoms with Crippen LogP contribution >= 0.6 is 0 Å². The molecule has 0 spiro atoms. The molecule has 10 nitrogen and oxygen atoms in total. The van der Waals surface area contributed by atoms with E-state index in [1.54, 1.807) is 36.9 Å². The molecule has 10 heteroatoms. The number of hydrogen-bond acceptors (Lipinski definition) is 6. The van der Waals surface area contributed by atoms with Gasteiger partial charge in [-0.25, -0.2) is 15.0 Å². The molecule has 3 heterocycles. The SMILES string of the molecule is Cc1nccn1-c1cc(CNC(=O)c2ccc(-n3ccnc3)c([N+](=O)[O-])c2)ccn1. The molecule has 0 bridgehead atoms. The van der Waals surface area contributed by atoms with Gasteiger partial charge in [0.25, 0.3) is 11.6 Å². The molecular weight excluding hydrogens is 386 g/mol. The number of nitrogens with one attached hydrogen (secondary N) is 1. The van der Waals surface area contributed by atoms with E-state index in [2.05, 4.69) is 20.3 Å². The average Bonchev–Trinajstić information content (AvgIpc) is 3.43. The van der Waals surface area contributed by atoms with Gasteiger partial charge < -0.3 is 9.88 Å². The van der Waals surface area contributed by atoms with Crippen LogP contribution in [0.3, 0.4) is 0 Å². The number of carbonyl (C=O) groups excluding carboxylic acids is 1. The molecular formula is C20H17N7O3. The summed E-state index contributed by atoms with van der Waals surface area (Å²) in [7, 11) is 0. The zero-order valence-corrected chi connectivity index (χ0v) is 16.0. The first-order valence-corrected chi connectivity index (χ1v) is 9.03. The molecule has 0 aliphatic carbocycles. The van der Waals surface area contributed by atoms with Gasteiger partial charge in [-0.15, -0.1) is 0 Å². The Hall–Kier alpha value is -4.34. The molecule has 150 valence electrons. The fourth-order valence-electron chi connectivity index (χ4n) is 3.04. The van der Waals surface area contributed by atoms with Gasteiger partial charge in [-0.1, -0.05) is 0 Å². The minimum atomic E-state index is -0.519. The van der Waals surface area contributed by atoms with Crippen molar-refractivity contribution in [2.45, 2.75) is 13.5 Å². The Morgan fingerprint density at radius 2 is 2.00 bits per heavy atom. The zero-order chi connectivity index (χ0) is 21.1. The van der Waals surface area contributed by atoms with Gasteiger partial charge in [0.05, 0.1) is 11.3 Å². The van der Waals surface area contributed by atoms with E-state index in [4.69, 9.17) is 0 Å². The van der Waals surface area contributed by atoms with Crippen LogP contribution in [0.15, 0.2) is 67.6 Å². The van der Waals surface area contributed by atoms with Gasteiger partial charge in [0.2, 0.25) is 0 Å². The molecule has 3 aromatic heterocycles. The molecule has 0 aliphatic heterocycles. The first-order chi connectivity index (χ1) is 14.5. The van der Waals surface area contributed by atoms with Gasteiger partial charge in [0.15, 0.2) is 0 Å². The van der Waals surface area contributed by atoms with Crippen molar-refractivity contribution in [1.29, 1.82) is 0 Å². The number of aromatic nitrogens is 5. The third kappa shape index (κ3) is 3.78. The number of benzene rings is 1. The maximum absolute atomic E-state index is 12.6. The molecule has 0 atom stereocenters. The number of hydrogen-bond donors (Lipinski definition) is 1. The molecule has 0 radical (unpaired) electrons. The van der Waals surface area contributed by atoms with Gasteiger partial charge in [-0.2, -0.15) is 0 Å². The van der Waals surface area contributed by atoms with Crippen LogP contribution in [0.5, 0.6) is 0 Å². The van der Waals surface area contributed by atoms with Gasteiger partial charge in [-0.05, 0) is 36.8 Å². The van der Waals surface area contributed by atoms with Crippen molar-refractivity contribution in [2.24, 2.45) is 0 Å². The molecule has 1 amide bonds. The third-order valence-corrected chi connectivity index (χ3v) is 4.55. The summed E-state index contributed by atoms with van der Waals surface area (Å²) < 4.78 is 3.36. The Morgan fingerprint density at radius 1 is 1.13 bits per heavy atom. The number of carbonyl (C=O) groups is 1. The summed E-state index contributed by atoms with van der Waals surface area (Å²) in [5.74, 6) is 1.08. The highest BCUT2D eigenvalue weighted by Gasteiger charge is 2.18. The van der Waals surface area contributed by atoms with E-state index in [0.29, 0.717) is 11.5 Å². The zero-order valence-electron chi connectivity index (χ0n) is 16.0. The highest BCUT2D eigenvalue weighted by Crippen LogP contribution is 2.24. The van der Waals surface area contributed by atoms with Crippen molar-refractivity contribution in [1.82, 2.24) is 29.4 Å². The van der Waals surface area contributed by atoms with E-state index in [1.165, 1.54) is 29.2 Å². The number of nitrogens with zero attached hydrogens (tertiary/aromatic N) is 6. The van der Waals surface area contributed by atoms with E-state index < -0.39 is 10.8 Å². The van der Waals surface area contributed by atoms with Crippen molar-refractivity contribution in [3.63, 3.8) is 0 Å². The summed E-state index contributed by atoms with van der Waals surface area (Å²) in [5, 5.41) is 14.3. The minimum absolute atomic E-state index is 0.178. The van der Waals surface area contributed by atoms with Crippen LogP contribution in [0, 0.1) is 17.0 Å². The predicted octanol–water partition coefficient (Wildman–Crippen LogP) is 2.60. The smallest absolute Gasteiger partial charge is 0.294 e. The lowest BCUT2D eigenvalue weighted by molar-refractivity contribution is -0.384. The van der Waals surface area contributed by atoms with E-state index in [1.807, 2.05) is 17.6 Å². The summed E-state index contributed by atoms with van der Waals surface area (Å²) in [5.41, 5.74) is 1.20. The Morgan fingerprint density at radius 3 is 2.70 bits per heavy atom. The fourth-order valence-corrected chi connectivity index (χ4v) is 3.04. The number of rotatable bonds is 6. The first-order valence-electron chi connectivity index (χ1n) is 9.03. The second kappa shape index (κ2) is 7.95. The van der Waals surface area contributed by atoms with Gasteiger partial charge >= 0.3 is 0 Å². The number of aryl methyl sites for hydroxylation is 1. The maximum Gasteiger partial charge on any atom is 0.294 e. The highest BCUT2D eigenvalue weighted by atomic mass is 16.6. The summed E-state index contributed by atoms with van der Waals surface area (Å²) in [6.07, 6.45) is 9.74. The summed E-state index contributed by atoms with van der Waals surface area (Å²) in [6.45, 7) is 2.12. The Labute approximate surface area is 171 Å². The Kier molecular flexibility index (Phi) is 5.04. The molecule has 1 N–H and O–H groups in total. The summed E-state index contributed by atoms with van der Waals surface area (Å²) >= 11 is 0. The van der Waals surface area contributed by atoms with Gasteiger partial charge in [-0.3, -0.25) is 19.5 Å². The number of amides is 1. The predicted molar refractivity (Wildman–Crippen MR) is 107 cm³/mol. The second-order valence-electron chi connectivity index (χ2n) is 6.48. The van der Waals surface area contributed by atoms with E-state index >= 15 is 0 Å². The topological polar surface area (TPSA) is 121 Å². The third-order valence-electron chi connectivity index (χ3n) is 4.55. The molecule has 1 aromatic carbocycles. The number of imidazole rings is 2. The van der Waals surface area contributed by atoms with E-state index in [-0.39, 0.29) is 17.8 Å². The summed E-state index contributed by atoms with van der Waals surface area (Å²) in [4.78, 5) is 35.9. The van der Waals surface area contributed by atoms with Crippen molar-refractivity contribution in [3.8, 4) is 11.5 Å². The molecule has 0 aliphatic rings. The van der Waals surface area contributed by atoms with Crippen molar-refractivity contribution in [3.05, 3.63) is 94.7 Å². The van der Waals surface area contributed by atoms with Crippen LogP contribution in [0.25, 0.3) is 11.5 Å². The van der Waals surface area contributed by atoms with Crippen LogP contribution in [0.2, 0.25) is 0 Å². The number of pyridine rings is 1. The van der Waals surface area contributed by atoms with Crippen LogP contribution in [0.4, 0.5) is 5.69 Å². The van der Waals surface area contributed by atoms with E-state index in [0.717, 1.165) is 11.4 Å². The number of nitro benzene ring substituents is 1. The Balaban J connectivity index is 1.52. The standard InChI is InChI=1S/C20H17N7O3/c1-14-22-7-9-26(14)19-10-15(4-5-23-19)12-24-20(28)16-2-3-17(18(11-16)27(29)30)25-8-6-21-13-25/h2-11,13H,12H2,1H3,(H,24,28). The van der Waals surface area contributed by atoms with Gasteiger partial charge in [0, 0.05) is 49.2 Å². The van der Waals surface area contributed by atoms with Crippen LogP contribution in [-0.4, -0.2) is 34.9 Å². The lowest BCUT2D eigenvalue weighted by atomic mass is 10.1. The van der Waals surface area contributed by atoms with Crippen LogP contribution < -0.4 is 5.32 Å². The monoisotopic (exact) mass is 403 g/mol. The quantitative estimate of drug-likeness (QED) is 0.390. The minimum Gasteiger partial charge on any atom is -0.348 e. The fraction of sp³-hybridized carbons (Fsp3) is 0.100. The largest absolute Gasteiger partial charge is 0.348 e. The first kappa shape index (κ1) is 19.0. The molecule has 30 heavy (non-hydrogen) atoms. The van der Waals surface area contributed by atoms with E-state index in [9.17, 15) is 14.9 Å². The van der Waals surface area contributed by atoms with Gasteiger partial charge in [0.1, 0.15) is 17.3 Å². The lowest BCUT2D eigenvalue weighted by Gasteiger charge is -2.09.